The van der Waals surface area contributed by atoms with E-state index in [2.05, 4.69) is 36.4 Å². The van der Waals surface area contributed by atoms with Crippen LogP contribution in [-0.4, -0.2) is 31.7 Å². The molecule has 1 unspecified atom stereocenters. The van der Waals surface area contributed by atoms with Crippen LogP contribution in [0.4, 0.5) is 0 Å². The van der Waals surface area contributed by atoms with Gasteiger partial charge in [-0.3, -0.25) is 4.99 Å². The van der Waals surface area contributed by atoms with Crippen LogP contribution in [0.15, 0.2) is 29.3 Å². The maximum atomic E-state index is 6.03. The summed E-state index contributed by atoms with van der Waals surface area (Å²) < 4.78 is 5.53. The van der Waals surface area contributed by atoms with E-state index in [1.54, 1.807) is 7.11 Å². The second kappa shape index (κ2) is 10.3. The molecule has 0 bridgehead atoms. The maximum absolute atomic E-state index is 6.03. The number of hydrogen-bond acceptors (Lipinski definition) is 2. The first-order valence-corrected chi connectivity index (χ1v) is 7.58. The van der Waals surface area contributed by atoms with E-state index in [4.69, 9.17) is 16.3 Å². The lowest BCUT2D eigenvalue weighted by molar-refractivity contribution is 0.111. The molecule has 0 aromatic heterocycles. The van der Waals surface area contributed by atoms with Crippen molar-refractivity contribution in [2.75, 3.05) is 20.2 Å². The van der Waals surface area contributed by atoms with Crippen molar-refractivity contribution in [3.63, 3.8) is 0 Å². The summed E-state index contributed by atoms with van der Waals surface area (Å²) in [5, 5.41) is 7.30. The summed E-state index contributed by atoms with van der Waals surface area (Å²) in [5.41, 5.74) is 0.986. The molecule has 0 amide bonds. The van der Waals surface area contributed by atoms with Crippen LogP contribution in [0, 0.1) is 0 Å². The fourth-order valence-corrected chi connectivity index (χ4v) is 2.06. The lowest BCUT2D eigenvalue weighted by Crippen LogP contribution is -2.47. The van der Waals surface area contributed by atoms with E-state index in [-0.39, 0.29) is 35.6 Å². The first kappa shape index (κ1) is 21.5. The molecule has 4 nitrogen and oxygen atoms in total. The van der Waals surface area contributed by atoms with Gasteiger partial charge in [-0.05, 0) is 45.4 Å². The number of nitrogens with zero attached hydrogens (tertiary/aromatic N) is 1. The quantitative estimate of drug-likeness (QED) is 0.414. The second-order valence-electron chi connectivity index (χ2n) is 5.87. The molecule has 6 heteroatoms. The average molecular weight is 440 g/mol. The zero-order chi connectivity index (χ0) is 15.9. The Morgan fingerprint density at radius 2 is 2.05 bits per heavy atom. The van der Waals surface area contributed by atoms with Gasteiger partial charge in [0.05, 0.1) is 6.54 Å². The third kappa shape index (κ3) is 8.19. The molecule has 0 saturated heterocycles. The highest BCUT2D eigenvalue weighted by Gasteiger charge is 2.14. The SMILES string of the molecule is CCNC(=NCC(OC)c1cccc(Cl)c1)NC(C)(C)C.I. The molecule has 0 heterocycles. The Morgan fingerprint density at radius 3 is 2.55 bits per heavy atom. The Kier molecular flexibility index (Phi) is 10.0. The van der Waals surface area contributed by atoms with Crippen LogP contribution < -0.4 is 10.6 Å². The largest absolute Gasteiger partial charge is 0.375 e. The van der Waals surface area contributed by atoms with Gasteiger partial charge in [-0.2, -0.15) is 0 Å². The predicted octanol–water partition coefficient (Wildman–Crippen LogP) is 4.00. The van der Waals surface area contributed by atoms with Crippen LogP contribution in [0.5, 0.6) is 0 Å². The van der Waals surface area contributed by atoms with E-state index in [0.717, 1.165) is 18.1 Å². The highest BCUT2D eigenvalue weighted by Crippen LogP contribution is 2.20. The Labute approximate surface area is 156 Å². The van der Waals surface area contributed by atoms with Crippen LogP contribution in [0.3, 0.4) is 0 Å². The molecule has 2 N–H and O–H groups in total. The summed E-state index contributed by atoms with van der Waals surface area (Å²) >= 11 is 6.03. The smallest absolute Gasteiger partial charge is 0.191 e. The van der Waals surface area contributed by atoms with Crippen molar-refractivity contribution < 1.29 is 4.74 Å². The number of benzene rings is 1. The first-order valence-electron chi connectivity index (χ1n) is 7.20. The van der Waals surface area contributed by atoms with Crippen molar-refractivity contribution in [3.05, 3.63) is 34.9 Å². The lowest BCUT2D eigenvalue weighted by atomic mass is 10.1. The molecular weight excluding hydrogens is 413 g/mol. The molecular formula is C16H27ClIN3O. The van der Waals surface area contributed by atoms with E-state index >= 15 is 0 Å². The summed E-state index contributed by atoms with van der Waals surface area (Å²) in [5.74, 6) is 0.786. The van der Waals surface area contributed by atoms with Gasteiger partial charge >= 0.3 is 0 Å². The van der Waals surface area contributed by atoms with Gasteiger partial charge in [0.15, 0.2) is 5.96 Å². The molecule has 1 atom stereocenters. The number of nitrogens with one attached hydrogen (secondary N) is 2. The van der Waals surface area contributed by atoms with Crippen molar-refractivity contribution in [1.82, 2.24) is 10.6 Å². The number of halogens is 2. The number of ether oxygens (including phenoxy) is 1. The van der Waals surface area contributed by atoms with E-state index in [9.17, 15) is 0 Å². The summed E-state index contributed by atoms with van der Waals surface area (Å²) in [4.78, 5) is 4.60. The molecule has 1 aromatic rings. The van der Waals surface area contributed by atoms with E-state index in [1.807, 2.05) is 31.2 Å². The van der Waals surface area contributed by atoms with Crippen molar-refractivity contribution in [1.29, 1.82) is 0 Å². The normalized spacial score (nSPS) is 13.3. The monoisotopic (exact) mass is 439 g/mol. The minimum atomic E-state index is -0.112. The van der Waals surface area contributed by atoms with Crippen LogP contribution >= 0.6 is 35.6 Å². The van der Waals surface area contributed by atoms with Crippen LogP contribution in [0.1, 0.15) is 39.4 Å². The highest BCUT2D eigenvalue weighted by atomic mass is 127. The summed E-state index contributed by atoms with van der Waals surface area (Å²) in [7, 11) is 1.69. The van der Waals surface area contributed by atoms with E-state index in [0.29, 0.717) is 11.6 Å². The highest BCUT2D eigenvalue weighted by molar-refractivity contribution is 14.0. The van der Waals surface area contributed by atoms with Gasteiger partial charge in [0.1, 0.15) is 6.10 Å². The summed E-state index contributed by atoms with van der Waals surface area (Å²) in [6.45, 7) is 9.70. The summed E-state index contributed by atoms with van der Waals surface area (Å²) in [6.07, 6.45) is -0.112. The van der Waals surface area contributed by atoms with Crippen molar-refractivity contribution in [2.24, 2.45) is 4.99 Å². The van der Waals surface area contributed by atoms with Gasteiger partial charge in [-0.25, -0.2) is 0 Å². The zero-order valence-electron chi connectivity index (χ0n) is 13.9. The topological polar surface area (TPSA) is 45.7 Å². The Bertz CT molecular complexity index is 475. The minimum absolute atomic E-state index is 0. The number of methoxy groups -OCH3 is 1. The third-order valence-electron chi connectivity index (χ3n) is 2.76. The molecule has 0 aliphatic rings. The zero-order valence-corrected chi connectivity index (χ0v) is 17.0. The Morgan fingerprint density at radius 1 is 1.36 bits per heavy atom. The van der Waals surface area contributed by atoms with Gasteiger partial charge in [0, 0.05) is 24.2 Å². The average Bonchev–Trinajstić information content (AvgIpc) is 2.38. The standard InChI is InChI=1S/C16H26ClN3O.HI/c1-6-18-15(20-16(2,3)4)19-11-14(21-5)12-8-7-9-13(17)10-12;/h7-10,14H,6,11H2,1-5H3,(H2,18,19,20);1H. The number of guanidine groups is 1. The Hall–Kier alpha value is -0.530. The van der Waals surface area contributed by atoms with Crippen molar-refractivity contribution in [2.45, 2.75) is 39.3 Å². The van der Waals surface area contributed by atoms with Crippen molar-refractivity contribution in [3.8, 4) is 0 Å². The molecule has 1 aromatic carbocycles. The maximum Gasteiger partial charge on any atom is 0.191 e. The molecule has 126 valence electrons. The number of hydrogen-bond donors (Lipinski definition) is 2. The molecule has 1 rings (SSSR count). The van der Waals surface area contributed by atoms with Gasteiger partial charge in [0.2, 0.25) is 0 Å². The second-order valence-corrected chi connectivity index (χ2v) is 6.31. The fourth-order valence-electron chi connectivity index (χ4n) is 1.86. The molecule has 0 saturated carbocycles. The van der Waals surface area contributed by atoms with E-state index in [1.165, 1.54) is 0 Å². The van der Waals surface area contributed by atoms with Crippen LogP contribution in [0.25, 0.3) is 0 Å². The first-order chi connectivity index (χ1) is 9.85. The molecule has 0 fully saturated rings. The third-order valence-corrected chi connectivity index (χ3v) is 2.99. The van der Waals surface area contributed by atoms with Gasteiger partial charge < -0.3 is 15.4 Å². The lowest BCUT2D eigenvalue weighted by Gasteiger charge is -2.24. The fraction of sp³-hybridized carbons (Fsp3) is 0.562. The molecule has 0 spiro atoms. The van der Waals surface area contributed by atoms with Crippen LogP contribution in [0.2, 0.25) is 5.02 Å². The van der Waals surface area contributed by atoms with Crippen LogP contribution in [-0.2, 0) is 4.74 Å². The molecule has 0 aliphatic heterocycles. The van der Waals surface area contributed by atoms with Gasteiger partial charge in [-0.15, -0.1) is 24.0 Å². The molecule has 22 heavy (non-hydrogen) atoms. The molecule has 0 radical (unpaired) electrons. The minimum Gasteiger partial charge on any atom is -0.375 e. The molecule has 0 aliphatic carbocycles. The number of rotatable bonds is 5. The van der Waals surface area contributed by atoms with E-state index < -0.39 is 0 Å². The van der Waals surface area contributed by atoms with Crippen molar-refractivity contribution >= 4 is 41.5 Å². The van der Waals surface area contributed by atoms with Gasteiger partial charge in [-0.1, -0.05) is 23.7 Å². The Balaban J connectivity index is 0.00000441. The van der Waals surface area contributed by atoms with Gasteiger partial charge in [0.25, 0.3) is 0 Å². The number of aliphatic imine (C=N–C) groups is 1. The summed E-state index contributed by atoms with van der Waals surface area (Å²) in [6, 6.07) is 7.69. The predicted molar refractivity (Wildman–Crippen MR) is 105 cm³/mol.